The highest BCUT2D eigenvalue weighted by molar-refractivity contribution is 7.98. The highest BCUT2D eigenvalue weighted by Gasteiger charge is 2.32. The smallest absolute Gasteiger partial charge is 0.229 e. The molecular weight excluding hydrogens is 407 g/mol. The quantitative estimate of drug-likeness (QED) is 0.531. The lowest BCUT2D eigenvalue weighted by atomic mass is 9.92. The largest absolute Gasteiger partial charge is 0.344 e. The minimum atomic E-state index is -0.350. The maximum Gasteiger partial charge on any atom is 0.229 e. The van der Waals surface area contributed by atoms with Crippen LogP contribution in [0.5, 0.6) is 0 Å². The number of hydrogen-bond donors (Lipinski definition) is 0. The van der Waals surface area contributed by atoms with Crippen LogP contribution in [-0.2, 0) is 4.79 Å². The van der Waals surface area contributed by atoms with Crippen molar-refractivity contribution in [2.75, 3.05) is 40.5 Å². The number of benzene rings is 2. The van der Waals surface area contributed by atoms with Crippen molar-refractivity contribution in [2.45, 2.75) is 18.7 Å². The van der Waals surface area contributed by atoms with Crippen LogP contribution in [0.4, 0.5) is 4.39 Å². The summed E-state index contributed by atoms with van der Waals surface area (Å²) in [6, 6.07) is 13.3. The molecule has 0 fully saturated rings. The van der Waals surface area contributed by atoms with E-state index in [0.717, 1.165) is 40.0 Å². The van der Waals surface area contributed by atoms with Gasteiger partial charge in [0.15, 0.2) is 0 Å². The van der Waals surface area contributed by atoms with Gasteiger partial charge in [-0.1, -0.05) is 18.2 Å². The zero-order valence-corrected chi connectivity index (χ0v) is 20.0. The second kappa shape index (κ2) is 9.84. The lowest BCUT2D eigenvalue weighted by molar-refractivity contribution is -0.132. The van der Waals surface area contributed by atoms with Gasteiger partial charge in [0.05, 0.1) is 5.92 Å². The van der Waals surface area contributed by atoms with E-state index in [9.17, 15) is 9.18 Å². The van der Waals surface area contributed by atoms with Crippen LogP contribution in [0.1, 0.15) is 30.5 Å². The molecule has 2 aromatic carbocycles. The third-order valence-corrected chi connectivity index (χ3v) is 6.60. The van der Waals surface area contributed by atoms with E-state index in [0.29, 0.717) is 6.54 Å². The van der Waals surface area contributed by atoms with Gasteiger partial charge in [-0.3, -0.25) is 4.79 Å². The van der Waals surface area contributed by atoms with Gasteiger partial charge < -0.3 is 9.80 Å². The fourth-order valence-corrected chi connectivity index (χ4v) is 4.46. The number of allylic oxidation sites excluding steroid dienone is 2. The predicted molar refractivity (Wildman–Crippen MR) is 130 cm³/mol. The molecule has 2 aromatic rings. The summed E-state index contributed by atoms with van der Waals surface area (Å²) in [5, 5.41) is 0. The van der Waals surface area contributed by atoms with Crippen LogP contribution in [-0.4, -0.2) is 56.2 Å². The molecule has 0 heterocycles. The SMILES string of the molecule is CSc1ccc(/C=C2/C(C)=C(C(C)C(=O)N(C)CCN(C)C)c3cc(F)ccc32)cc1. The van der Waals surface area contributed by atoms with Gasteiger partial charge in [-0.05, 0) is 97.9 Å². The average molecular weight is 439 g/mol. The Morgan fingerprint density at radius 3 is 2.35 bits per heavy atom. The Balaban J connectivity index is 2.01. The topological polar surface area (TPSA) is 23.6 Å². The molecule has 0 spiro atoms. The first-order valence-electron chi connectivity index (χ1n) is 10.5. The number of carbonyl (C=O) groups is 1. The third kappa shape index (κ3) is 5.10. The molecule has 1 amide bonds. The first kappa shape index (κ1) is 23.3. The van der Waals surface area contributed by atoms with Crippen LogP contribution in [0.25, 0.3) is 17.2 Å². The Labute approximate surface area is 189 Å². The molecule has 1 atom stereocenters. The van der Waals surface area contributed by atoms with Crippen LogP contribution in [0.2, 0.25) is 0 Å². The molecule has 0 saturated heterocycles. The van der Waals surface area contributed by atoms with Crippen molar-refractivity contribution in [1.82, 2.24) is 9.80 Å². The van der Waals surface area contributed by atoms with Crippen LogP contribution >= 0.6 is 11.8 Å². The van der Waals surface area contributed by atoms with Crippen molar-refractivity contribution in [3.63, 3.8) is 0 Å². The third-order valence-electron chi connectivity index (χ3n) is 5.86. The lowest BCUT2D eigenvalue weighted by Gasteiger charge is -2.24. The lowest BCUT2D eigenvalue weighted by Crippen LogP contribution is -2.37. The first-order valence-corrected chi connectivity index (χ1v) is 11.7. The first-order chi connectivity index (χ1) is 14.7. The Morgan fingerprint density at radius 2 is 1.74 bits per heavy atom. The van der Waals surface area contributed by atoms with E-state index in [1.807, 2.05) is 41.1 Å². The molecule has 5 heteroatoms. The summed E-state index contributed by atoms with van der Waals surface area (Å²) in [5.41, 5.74) is 5.91. The molecule has 0 radical (unpaired) electrons. The van der Waals surface area contributed by atoms with E-state index in [1.165, 1.54) is 11.0 Å². The molecule has 164 valence electrons. The summed E-state index contributed by atoms with van der Waals surface area (Å²) >= 11 is 1.71. The fraction of sp³-hybridized carbons (Fsp3) is 0.346. The minimum absolute atomic E-state index is 0.0528. The monoisotopic (exact) mass is 438 g/mol. The van der Waals surface area contributed by atoms with Crippen molar-refractivity contribution in [2.24, 2.45) is 5.92 Å². The molecule has 0 bridgehead atoms. The van der Waals surface area contributed by atoms with Gasteiger partial charge in [0.25, 0.3) is 0 Å². The van der Waals surface area contributed by atoms with Crippen molar-refractivity contribution >= 4 is 34.9 Å². The van der Waals surface area contributed by atoms with Gasteiger partial charge in [0, 0.05) is 25.0 Å². The molecule has 1 aliphatic rings. The number of hydrogen-bond acceptors (Lipinski definition) is 3. The number of thioether (sulfide) groups is 1. The minimum Gasteiger partial charge on any atom is -0.344 e. The van der Waals surface area contributed by atoms with Crippen LogP contribution < -0.4 is 0 Å². The maximum absolute atomic E-state index is 14.2. The predicted octanol–water partition coefficient (Wildman–Crippen LogP) is 5.53. The molecule has 0 aromatic heterocycles. The van der Waals surface area contributed by atoms with Crippen LogP contribution in [0, 0.1) is 11.7 Å². The summed E-state index contributed by atoms with van der Waals surface area (Å²) in [7, 11) is 5.82. The van der Waals surface area contributed by atoms with Gasteiger partial charge in [0.2, 0.25) is 5.91 Å². The Bertz CT molecular complexity index is 1020. The molecule has 1 aliphatic carbocycles. The number of fused-ring (bicyclic) bond motifs is 1. The van der Waals surface area contributed by atoms with E-state index >= 15 is 0 Å². The van der Waals surface area contributed by atoms with E-state index in [-0.39, 0.29) is 17.6 Å². The van der Waals surface area contributed by atoms with Crippen molar-refractivity contribution in [1.29, 1.82) is 0 Å². The Kier molecular flexibility index (Phi) is 7.39. The number of nitrogens with zero attached hydrogens (tertiary/aromatic N) is 2. The van der Waals surface area contributed by atoms with Gasteiger partial charge in [-0.2, -0.15) is 0 Å². The molecule has 1 unspecified atom stereocenters. The van der Waals surface area contributed by atoms with Crippen molar-refractivity contribution in [3.8, 4) is 0 Å². The summed E-state index contributed by atoms with van der Waals surface area (Å²) < 4.78 is 14.2. The number of halogens is 1. The zero-order valence-electron chi connectivity index (χ0n) is 19.2. The summed E-state index contributed by atoms with van der Waals surface area (Å²) in [6.07, 6.45) is 4.19. The molecular formula is C26H31FN2OS. The number of likely N-dealkylation sites (N-methyl/N-ethyl adjacent to an activating group) is 2. The number of amides is 1. The maximum atomic E-state index is 14.2. The number of rotatable bonds is 7. The highest BCUT2D eigenvalue weighted by atomic mass is 32.2. The molecule has 31 heavy (non-hydrogen) atoms. The summed E-state index contributed by atoms with van der Waals surface area (Å²) in [6.45, 7) is 5.43. The summed E-state index contributed by atoms with van der Waals surface area (Å²) in [4.78, 5) is 18.2. The molecule has 0 N–H and O–H groups in total. The van der Waals surface area contributed by atoms with Crippen molar-refractivity contribution < 1.29 is 9.18 Å². The Morgan fingerprint density at radius 1 is 1.06 bits per heavy atom. The van der Waals surface area contributed by atoms with E-state index in [1.54, 1.807) is 22.7 Å². The molecule has 3 nitrogen and oxygen atoms in total. The van der Waals surface area contributed by atoms with Crippen LogP contribution in [0.3, 0.4) is 0 Å². The van der Waals surface area contributed by atoms with Gasteiger partial charge in [-0.25, -0.2) is 4.39 Å². The highest BCUT2D eigenvalue weighted by Crippen LogP contribution is 2.45. The number of carbonyl (C=O) groups excluding carboxylic acids is 1. The van der Waals surface area contributed by atoms with E-state index < -0.39 is 0 Å². The molecule has 3 rings (SSSR count). The molecule has 0 saturated carbocycles. The van der Waals surface area contributed by atoms with Gasteiger partial charge >= 0.3 is 0 Å². The van der Waals surface area contributed by atoms with Crippen molar-refractivity contribution in [3.05, 3.63) is 70.5 Å². The summed E-state index contributed by atoms with van der Waals surface area (Å²) in [5.74, 6) is -0.579. The average Bonchev–Trinajstić information content (AvgIpc) is 3.01. The van der Waals surface area contributed by atoms with Gasteiger partial charge in [0.1, 0.15) is 5.82 Å². The van der Waals surface area contributed by atoms with E-state index in [4.69, 9.17) is 0 Å². The normalized spacial score (nSPS) is 15.5. The second-order valence-electron chi connectivity index (χ2n) is 8.34. The fourth-order valence-electron chi connectivity index (χ4n) is 4.05. The zero-order chi connectivity index (χ0) is 22.7. The van der Waals surface area contributed by atoms with Gasteiger partial charge in [-0.15, -0.1) is 11.8 Å². The standard InChI is InChI=1S/C26H31FN2OS/c1-17-23(15-19-7-10-21(31-6)11-8-19)22-12-9-20(27)16-24(22)25(17)18(2)26(30)29(5)14-13-28(3)4/h7-12,15-16,18H,13-14H2,1-6H3/b23-15-. The van der Waals surface area contributed by atoms with E-state index in [2.05, 4.69) is 41.5 Å². The Hall–Kier alpha value is -2.37. The second-order valence-corrected chi connectivity index (χ2v) is 9.22. The van der Waals surface area contributed by atoms with Crippen LogP contribution in [0.15, 0.2) is 52.9 Å². The molecule has 0 aliphatic heterocycles.